The Balaban J connectivity index is 1.62. The molecule has 0 radical (unpaired) electrons. The van der Waals surface area contributed by atoms with Crippen LogP contribution in [0.4, 0.5) is 0 Å². The molecular formula is C12H19N3OS2. The van der Waals surface area contributed by atoms with Crippen molar-refractivity contribution in [3.63, 3.8) is 0 Å². The van der Waals surface area contributed by atoms with E-state index in [2.05, 4.69) is 15.6 Å². The predicted octanol–water partition coefficient (Wildman–Crippen LogP) is 1.21. The molecule has 0 aliphatic carbocycles. The van der Waals surface area contributed by atoms with Gasteiger partial charge in [-0.1, -0.05) is 0 Å². The van der Waals surface area contributed by atoms with Crippen LogP contribution in [-0.4, -0.2) is 41.5 Å². The van der Waals surface area contributed by atoms with E-state index in [4.69, 9.17) is 0 Å². The highest BCUT2D eigenvalue weighted by Gasteiger charge is 2.16. The zero-order valence-corrected chi connectivity index (χ0v) is 12.2. The van der Waals surface area contributed by atoms with Gasteiger partial charge in [-0.25, -0.2) is 4.98 Å². The summed E-state index contributed by atoms with van der Waals surface area (Å²) >= 11 is 3.58. The third-order valence-electron chi connectivity index (χ3n) is 2.76. The van der Waals surface area contributed by atoms with Crippen LogP contribution in [0.5, 0.6) is 0 Å². The van der Waals surface area contributed by atoms with Crippen molar-refractivity contribution in [1.82, 2.24) is 15.6 Å². The number of nitrogens with one attached hydrogen (secondary N) is 2. The minimum atomic E-state index is 0.142. The van der Waals surface area contributed by atoms with Gasteiger partial charge in [0.05, 0.1) is 5.01 Å². The Kier molecular flexibility index (Phi) is 5.46. The molecule has 1 atom stereocenters. The smallest absolute Gasteiger partial charge is 0.221 e. The van der Waals surface area contributed by atoms with E-state index in [1.54, 1.807) is 11.3 Å². The van der Waals surface area contributed by atoms with Gasteiger partial charge >= 0.3 is 0 Å². The van der Waals surface area contributed by atoms with Gasteiger partial charge in [-0.05, 0) is 6.92 Å². The van der Waals surface area contributed by atoms with Crippen molar-refractivity contribution in [1.29, 1.82) is 0 Å². The lowest BCUT2D eigenvalue weighted by Crippen LogP contribution is -2.41. The van der Waals surface area contributed by atoms with E-state index in [0.29, 0.717) is 19.0 Å². The fourth-order valence-electron chi connectivity index (χ4n) is 1.87. The van der Waals surface area contributed by atoms with Gasteiger partial charge in [-0.2, -0.15) is 11.8 Å². The molecule has 0 saturated carbocycles. The van der Waals surface area contributed by atoms with E-state index < -0.39 is 0 Å². The number of carbonyl (C=O) groups excluding carboxylic acids is 1. The van der Waals surface area contributed by atoms with E-state index in [9.17, 15) is 4.79 Å². The molecule has 6 heteroatoms. The number of amides is 1. The number of hydrogen-bond acceptors (Lipinski definition) is 5. The van der Waals surface area contributed by atoms with Gasteiger partial charge in [-0.15, -0.1) is 11.3 Å². The van der Waals surface area contributed by atoms with Crippen LogP contribution in [0.25, 0.3) is 0 Å². The second kappa shape index (κ2) is 7.11. The highest BCUT2D eigenvalue weighted by Crippen LogP contribution is 2.10. The highest BCUT2D eigenvalue weighted by atomic mass is 32.2. The summed E-state index contributed by atoms with van der Waals surface area (Å²) in [7, 11) is 0. The molecule has 0 spiro atoms. The summed E-state index contributed by atoms with van der Waals surface area (Å²) in [5.41, 5.74) is 1.06. The first kappa shape index (κ1) is 13.8. The largest absolute Gasteiger partial charge is 0.356 e. The van der Waals surface area contributed by atoms with E-state index >= 15 is 0 Å². The highest BCUT2D eigenvalue weighted by molar-refractivity contribution is 7.99. The first-order valence-corrected chi connectivity index (χ1v) is 8.26. The van der Waals surface area contributed by atoms with Gasteiger partial charge in [0.2, 0.25) is 5.91 Å². The molecule has 1 aromatic rings. The average Bonchev–Trinajstić information content (AvgIpc) is 2.76. The van der Waals surface area contributed by atoms with Crippen molar-refractivity contribution >= 4 is 29.0 Å². The van der Waals surface area contributed by atoms with Gasteiger partial charge < -0.3 is 10.6 Å². The topological polar surface area (TPSA) is 54.0 Å². The van der Waals surface area contributed by atoms with Gasteiger partial charge in [-0.3, -0.25) is 4.79 Å². The van der Waals surface area contributed by atoms with Crippen LogP contribution in [0.1, 0.15) is 17.1 Å². The summed E-state index contributed by atoms with van der Waals surface area (Å²) in [5.74, 6) is 2.34. The third-order valence-corrected chi connectivity index (χ3v) is 4.92. The van der Waals surface area contributed by atoms with Crippen molar-refractivity contribution < 1.29 is 4.79 Å². The number of nitrogens with zero attached hydrogens (tertiary/aromatic N) is 1. The second-order valence-electron chi connectivity index (χ2n) is 4.41. The van der Waals surface area contributed by atoms with Crippen molar-refractivity contribution in [2.75, 3.05) is 24.6 Å². The minimum absolute atomic E-state index is 0.142. The molecular weight excluding hydrogens is 266 g/mol. The average molecular weight is 285 g/mol. The molecule has 0 bridgehead atoms. The first-order valence-electron chi connectivity index (χ1n) is 6.23. The molecule has 1 aliphatic heterocycles. The van der Waals surface area contributed by atoms with E-state index in [1.165, 1.54) is 0 Å². The summed E-state index contributed by atoms with van der Waals surface area (Å²) in [4.78, 5) is 16.1. The molecule has 1 fully saturated rings. The van der Waals surface area contributed by atoms with Crippen molar-refractivity contribution in [2.24, 2.45) is 0 Å². The molecule has 18 heavy (non-hydrogen) atoms. The fraction of sp³-hybridized carbons (Fsp3) is 0.667. The fourth-order valence-corrected chi connectivity index (χ4v) is 3.60. The zero-order chi connectivity index (χ0) is 12.8. The summed E-state index contributed by atoms with van der Waals surface area (Å²) in [6.45, 7) is 3.69. The third kappa shape index (κ3) is 4.59. The Morgan fingerprint density at radius 1 is 1.67 bits per heavy atom. The molecule has 2 heterocycles. The Bertz CT molecular complexity index is 388. The van der Waals surface area contributed by atoms with Crippen LogP contribution in [0.15, 0.2) is 5.38 Å². The Labute approximate surface area is 116 Å². The van der Waals surface area contributed by atoms with Gasteiger partial charge in [0.15, 0.2) is 0 Å². The standard InChI is InChI=1S/C12H19N3OS2/c1-9-7-18-12(15-9)2-3-14-11(16)6-10-8-17-5-4-13-10/h7,10,13H,2-6,8H2,1H3,(H,14,16). The molecule has 1 amide bonds. The van der Waals surface area contributed by atoms with Crippen LogP contribution in [-0.2, 0) is 11.2 Å². The molecule has 1 unspecified atom stereocenters. The van der Waals surface area contributed by atoms with Crippen LogP contribution in [0.2, 0.25) is 0 Å². The van der Waals surface area contributed by atoms with Crippen LogP contribution in [0.3, 0.4) is 0 Å². The van der Waals surface area contributed by atoms with Gasteiger partial charge in [0, 0.05) is 54.6 Å². The molecule has 4 nitrogen and oxygen atoms in total. The van der Waals surface area contributed by atoms with E-state index in [-0.39, 0.29) is 5.91 Å². The number of carbonyl (C=O) groups is 1. The molecule has 0 aromatic carbocycles. The second-order valence-corrected chi connectivity index (χ2v) is 6.51. The first-order chi connectivity index (χ1) is 8.74. The van der Waals surface area contributed by atoms with Gasteiger partial charge in [0.25, 0.3) is 0 Å². The van der Waals surface area contributed by atoms with Crippen molar-refractivity contribution in [3.8, 4) is 0 Å². The number of thioether (sulfide) groups is 1. The number of thiazole rings is 1. The summed E-state index contributed by atoms with van der Waals surface area (Å²) in [5, 5.41) is 9.47. The van der Waals surface area contributed by atoms with Crippen molar-refractivity contribution in [3.05, 3.63) is 16.1 Å². The molecule has 1 aromatic heterocycles. The van der Waals surface area contributed by atoms with Crippen LogP contribution >= 0.6 is 23.1 Å². The summed E-state index contributed by atoms with van der Waals surface area (Å²) in [6.07, 6.45) is 1.42. The van der Waals surface area contributed by atoms with Crippen LogP contribution in [0, 0.1) is 6.92 Å². The molecule has 1 saturated heterocycles. The Hall–Kier alpha value is -0.590. The van der Waals surface area contributed by atoms with E-state index in [1.807, 2.05) is 24.1 Å². The van der Waals surface area contributed by atoms with E-state index in [0.717, 1.165) is 35.2 Å². The monoisotopic (exact) mass is 285 g/mol. The lowest BCUT2D eigenvalue weighted by Gasteiger charge is -2.22. The summed E-state index contributed by atoms with van der Waals surface area (Å²) < 4.78 is 0. The lowest BCUT2D eigenvalue weighted by atomic mass is 10.2. The Morgan fingerprint density at radius 3 is 3.22 bits per heavy atom. The number of aryl methyl sites for hydroxylation is 1. The molecule has 100 valence electrons. The maximum absolute atomic E-state index is 11.7. The number of rotatable bonds is 5. The molecule has 1 aliphatic rings. The molecule has 2 N–H and O–H groups in total. The maximum Gasteiger partial charge on any atom is 0.221 e. The predicted molar refractivity (Wildman–Crippen MR) is 77.3 cm³/mol. The molecule has 2 rings (SSSR count). The summed E-state index contributed by atoms with van der Waals surface area (Å²) in [6, 6.07) is 0.339. The SMILES string of the molecule is Cc1csc(CCNC(=O)CC2CSCCN2)n1. The van der Waals surface area contributed by atoms with Crippen LogP contribution < -0.4 is 10.6 Å². The minimum Gasteiger partial charge on any atom is -0.356 e. The van der Waals surface area contributed by atoms with Crippen molar-refractivity contribution in [2.45, 2.75) is 25.8 Å². The zero-order valence-electron chi connectivity index (χ0n) is 10.6. The lowest BCUT2D eigenvalue weighted by molar-refractivity contribution is -0.121. The normalized spacial score (nSPS) is 19.7. The maximum atomic E-state index is 11.7. The van der Waals surface area contributed by atoms with Gasteiger partial charge in [0.1, 0.15) is 0 Å². The number of aromatic nitrogens is 1. The quantitative estimate of drug-likeness (QED) is 0.854. The Morgan fingerprint density at radius 2 is 2.56 bits per heavy atom. The number of hydrogen-bond donors (Lipinski definition) is 2.